The fraction of sp³-hybridized carbons (Fsp3) is 0.381. The molecule has 0 spiro atoms. The van der Waals surface area contributed by atoms with E-state index in [1.165, 1.54) is 6.20 Å². The van der Waals surface area contributed by atoms with E-state index in [2.05, 4.69) is 4.98 Å². The summed E-state index contributed by atoms with van der Waals surface area (Å²) in [7, 11) is 0. The Labute approximate surface area is 178 Å². The number of carboxylic acids is 1. The number of carboxylic acid groups (broad SMARTS) is 1. The number of carbonyl (C=O) groups excluding carboxylic acids is 1. The van der Waals surface area contributed by atoms with E-state index >= 15 is 0 Å². The number of benzene rings is 1. The highest BCUT2D eigenvalue weighted by Gasteiger charge is 2.46. The minimum atomic E-state index is -1.08. The molecule has 1 N–H and O–H groups in total. The number of halogens is 2. The van der Waals surface area contributed by atoms with E-state index in [4.69, 9.17) is 27.9 Å². The van der Waals surface area contributed by atoms with Gasteiger partial charge in [-0.15, -0.1) is 0 Å². The number of aromatic nitrogens is 1. The number of hydrogen-bond donors (Lipinski definition) is 1. The van der Waals surface area contributed by atoms with Crippen LogP contribution >= 0.6 is 23.2 Å². The Morgan fingerprint density at radius 1 is 1.21 bits per heavy atom. The van der Waals surface area contributed by atoms with Crippen molar-refractivity contribution in [3.05, 3.63) is 63.9 Å². The summed E-state index contributed by atoms with van der Waals surface area (Å²) in [6.07, 6.45) is 1.60. The van der Waals surface area contributed by atoms with E-state index in [1.807, 2.05) is 6.07 Å². The summed E-state index contributed by atoms with van der Waals surface area (Å²) in [6.45, 7) is 0.546. The zero-order chi connectivity index (χ0) is 20.5. The summed E-state index contributed by atoms with van der Waals surface area (Å²) in [5, 5.41) is 10.3. The van der Waals surface area contributed by atoms with Gasteiger partial charge in [-0.1, -0.05) is 35.3 Å². The van der Waals surface area contributed by atoms with E-state index in [-0.39, 0.29) is 5.91 Å². The summed E-state index contributed by atoms with van der Waals surface area (Å²) < 4.78 is 6.08. The third kappa shape index (κ3) is 4.55. The van der Waals surface area contributed by atoms with Crippen molar-refractivity contribution in [3.8, 4) is 0 Å². The second-order valence-corrected chi connectivity index (χ2v) is 8.35. The number of aliphatic carboxylic acids is 1. The molecule has 1 aromatic heterocycles. The molecule has 0 unspecified atom stereocenters. The standard InChI is InChI=1S/C21H20Cl2N2O4/c22-14-3-1-2-13(8-14)20-19(16-7-6-15(23)10-24-16)25(11-12-4-5-12)21(28)17(29-20)9-18(26)27/h1-3,6-8,10,12,17,19-20H,4-5,9,11H2,(H,26,27)/t17-,19+,20+/m0/s1. The van der Waals surface area contributed by atoms with Crippen molar-refractivity contribution in [1.29, 1.82) is 0 Å². The SMILES string of the molecule is O=C(O)C[C@@H]1O[C@H](c2cccc(Cl)c2)[C@@H](c2ccc(Cl)cn2)N(CC2CC2)C1=O. The van der Waals surface area contributed by atoms with Gasteiger partial charge >= 0.3 is 5.97 Å². The van der Waals surface area contributed by atoms with Gasteiger partial charge in [0.05, 0.1) is 17.1 Å². The van der Waals surface area contributed by atoms with Crippen molar-refractivity contribution in [3.63, 3.8) is 0 Å². The van der Waals surface area contributed by atoms with Crippen molar-refractivity contribution < 1.29 is 19.4 Å². The number of amides is 1. The average Bonchev–Trinajstić information content (AvgIpc) is 3.49. The van der Waals surface area contributed by atoms with Crippen LogP contribution in [0.2, 0.25) is 10.0 Å². The molecule has 2 fully saturated rings. The fourth-order valence-corrected chi connectivity index (χ4v) is 4.00. The summed E-state index contributed by atoms with van der Waals surface area (Å²) in [4.78, 5) is 30.7. The minimum absolute atomic E-state index is 0.320. The average molecular weight is 435 g/mol. The van der Waals surface area contributed by atoms with Crippen LogP contribution in [-0.4, -0.2) is 39.5 Å². The molecule has 0 radical (unpaired) electrons. The zero-order valence-corrected chi connectivity index (χ0v) is 17.0. The molecule has 8 heteroatoms. The van der Waals surface area contributed by atoms with Crippen LogP contribution < -0.4 is 0 Å². The molecule has 1 aliphatic heterocycles. The van der Waals surface area contributed by atoms with Gasteiger partial charge in [0, 0.05) is 17.8 Å². The van der Waals surface area contributed by atoms with Gasteiger partial charge in [-0.2, -0.15) is 0 Å². The van der Waals surface area contributed by atoms with Crippen LogP contribution in [0.1, 0.15) is 42.7 Å². The molecular formula is C21H20Cl2N2O4. The van der Waals surface area contributed by atoms with E-state index in [1.54, 1.807) is 35.2 Å². The first-order valence-electron chi connectivity index (χ1n) is 9.47. The van der Waals surface area contributed by atoms with Crippen LogP contribution in [0.15, 0.2) is 42.6 Å². The number of ether oxygens (including phenoxy) is 1. The maximum Gasteiger partial charge on any atom is 0.306 e. The lowest BCUT2D eigenvalue weighted by Crippen LogP contribution is -2.52. The van der Waals surface area contributed by atoms with Gasteiger partial charge in [-0.25, -0.2) is 0 Å². The predicted octanol–water partition coefficient (Wildman–Crippen LogP) is 4.28. The molecule has 2 aromatic rings. The third-order valence-electron chi connectivity index (χ3n) is 5.23. The summed E-state index contributed by atoms with van der Waals surface area (Å²) >= 11 is 12.2. The topological polar surface area (TPSA) is 79.7 Å². The lowest BCUT2D eigenvalue weighted by Gasteiger charge is -2.44. The largest absolute Gasteiger partial charge is 0.481 e. The highest BCUT2D eigenvalue weighted by molar-refractivity contribution is 6.30. The van der Waals surface area contributed by atoms with E-state index in [9.17, 15) is 14.7 Å². The number of carbonyl (C=O) groups is 2. The summed E-state index contributed by atoms with van der Waals surface area (Å²) in [5.74, 6) is -0.987. The Morgan fingerprint density at radius 3 is 2.62 bits per heavy atom. The fourth-order valence-electron chi connectivity index (χ4n) is 3.69. The summed E-state index contributed by atoms with van der Waals surface area (Å²) in [5.41, 5.74) is 1.41. The van der Waals surface area contributed by atoms with Crippen LogP contribution in [0.5, 0.6) is 0 Å². The first-order valence-corrected chi connectivity index (χ1v) is 10.2. The normalized spacial score (nSPS) is 24.6. The Kier molecular flexibility index (Phi) is 5.76. The second kappa shape index (κ2) is 8.30. The maximum atomic E-state index is 13.2. The molecule has 2 aliphatic rings. The van der Waals surface area contributed by atoms with Gasteiger partial charge in [0.15, 0.2) is 0 Å². The van der Waals surface area contributed by atoms with Gasteiger partial charge < -0.3 is 14.7 Å². The van der Waals surface area contributed by atoms with Gasteiger partial charge in [-0.05, 0) is 48.6 Å². The van der Waals surface area contributed by atoms with Crippen LogP contribution in [-0.2, 0) is 14.3 Å². The van der Waals surface area contributed by atoms with Crippen LogP contribution in [0, 0.1) is 5.92 Å². The van der Waals surface area contributed by atoms with Crippen molar-refractivity contribution >= 4 is 35.1 Å². The summed E-state index contributed by atoms with van der Waals surface area (Å²) in [6, 6.07) is 10.2. The molecule has 1 aliphatic carbocycles. The number of rotatable bonds is 6. The first kappa shape index (κ1) is 20.1. The molecule has 1 amide bonds. The van der Waals surface area contributed by atoms with E-state index in [0.717, 1.165) is 18.4 Å². The van der Waals surface area contributed by atoms with Gasteiger partial charge in [0.2, 0.25) is 0 Å². The maximum absolute atomic E-state index is 13.2. The minimum Gasteiger partial charge on any atom is -0.481 e. The molecule has 0 bridgehead atoms. The van der Waals surface area contributed by atoms with Gasteiger partial charge in [-0.3, -0.25) is 14.6 Å². The second-order valence-electron chi connectivity index (χ2n) is 7.48. The van der Waals surface area contributed by atoms with Crippen LogP contribution in [0.4, 0.5) is 0 Å². The Morgan fingerprint density at radius 2 is 2.00 bits per heavy atom. The van der Waals surface area contributed by atoms with Crippen molar-refractivity contribution in [2.24, 2.45) is 5.92 Å². The molecule has 1 aromatic carbocycles. The Hall–Kier alpha value is -2.15. The van der Waals surface area contributed by atoms with Gasteiger partial charge in [0.25, 0.3) is 5.91 Å². The smallest absolute Gasteiger partial charge is 0.306 e. The van der Waals surface area contributed by atoms with Crippen molar-refractivity contribution in [2.45, 2.75) is 37.5 Å². The number of nitrogens with zero attached hydrogens (tertiary/aromatic N) is 2. The van der Waals surface area contributed by atoms with Crippen LogP contribution in [0.25, 0.3) is 0 Å². The van der Waals surface area contributed by atoms with E-state index in [0.29, 0.717) is 28.2 Å². The van der Waals surface area contributed by atoms with Crippen molar-refractivity contribution in [1.82, 2.24) is 9.88 Å². The molecule has 1 saturated heterocycles. The molecule has 1 saturated carbocycles. The first-order chi connectivity index (χ1) is 13.9. The van der Waals surface area contributed by atoms with Crippen molar-refractivity contribution in [2.75, 3.05) is 6.54 Å². The number of morpholine rings is 1. The molecular weight excluding hydrogens is 415 g/mol. The van der Waals surface area contributed by atoms with E-state index < -0.39 is 30.6 Å². The number of pyridine rings is 1. The third-order valence-corrected chi connectivity index (χ3v) is 5.69. The molecule has 152 valence electrons. The molecule has 2 heterocycles. The highest BCUT2D eigenvalue weighted by atomic mass is 35.5. The molecule has 29 heavy (non-hydrogen) atoms. The van der Waals surface area contributed by atoms with Gasteiger partial charge in [0.1, 0.15) is 18.2 Å². The highest BCUT2D eigenvalue weighted by Crippen LogP contribution is 2.44. The lowest BCUT2D eigenvalue weighted by atomic mass is 9.93. The molecule has 4 rings (SSSR count). The lowest BCUT2D eigenvalue weighted by molar-refractivity contribution is -0.179. The molecule has 6 nitrogen and oxygen atoms in total. The quantitative estimate of drug-likeness (QED) is 0.733. The monoisotopic (exact) mass is 434 g/mol. The predicted molar refractivity (Wildman–Crippen MR) is 108 cm³/mol. The molecule has 3 atom stereocenters. The zero-order valence-electron chi connectivity index (χ0n) is 15.5. The van der Waals surface area contributed by atoms with Crippen LogP contribution in [0.3, 0.4) is 0 Å². The Bertz CT molecular complexity index is 917. The Balaban J connectivity index is 1.78. The number of hydrogen-bond acceptors (Lipinski definition) is 4.